The van der Waals surface area contributed by atoms with Crippen LogP contribution in [0.25, 0.3) is 0 Å². The highest BCUT2D eigenvalue weighted by Crippen LogP contribution is 2.23. The second kappa shape index (κ2) is 3.58. The lowest BCUT2D eigenvalue weighted by atomic mass is 10.00. The zero-order valence-electron chi connectivity index (χ0n) is 6.94. The molecule has 3 nitrogen and oxygen atoms in total. The number of aliphatic hydroxyl groups is 1. The first-order valence-electron chi connectivity index (χ1n) is 4.04. The zero-order valence-corrected chi connectivity index (χ0v) is 7.76. The van der Waals surface area contributed by atoms with E-state index in [1.807, 2.05) is 0 Å². The third-order valence-corrected chi connectivity index (χ3v) is 4.01. The average molecular weight is 190 g/mol. The summed E-state index contributed by atoms with van der Waals surface area (Å²) >= 11 is 0. The topological polar surface area (TPSA) is 54.4 Å². The molecule has 1 heterocycles. The van der Waals surface area contributed by atoms with Crippen LogP contribution in [0.5, 0.6) is 0 Å². The van der Waals surface area contributed by atoms with Crippen LogP contribution in [0, 0.1) is 5.92 Å². The van der Waals surface area contributed by atoms with Crippen LogP contribution >= 0.6 is 0 Å². The van der Waals surface area contributed by atoms with Gasteiger partial charge in [-0.25, -0.2) is 8.42 Å². The maximum Gasteiger partial charge on any atom is 0.150 e. The molecule has 0 aliphatic carbocycles. The molecule has 0 aromatic heterocycles. The Bertz CT molecular complexity index is 255. The predicted octanol–water partition coefficient (Wildman–Crippen LogP) is 0.358. The normalized spacial score (nSPS) is 29.9. The molecule has 1 aliphatic heterocycles. The van der Waals surface area contributed by atoms with Gasteiger partial charge in [0.05, 0.1) is 17.6 Å². The number of sulfone groups is 1. The molecule has 1 fully saturated rings. The molecule has 1 aliphatic rings. The summed E-state index contributed by atoms with van der Waals surface area (Å²) in [6.45, 7) is 3.50. The Morgan fingerprint density at radius 3 is 2.75 bits per heavy atom. The van der Waals surface area contributed by atoms with E-state index in [4.69, 9.17) is 0 Å². The molecule has 1 rings (SSSR count). The van der Waals surface area contributed by atoms with E-state index >= 15 is 0 Å². The molecule has 0 amide bonds. The van der Waals surface area contributed by atoms with Gasteiger partial charge in [0.2, 0.25) is 0 Å². The van der Waals surface area contributed by atoms with E-state index in [-0.39, 0.29) is 17.4 Å². The standard InChI is InChI=1S/C8H14O3S/c1-2-3-8(9)7-4-5-12(10,11)6-7/h2,7-9H,1,3-6H2. The smallest absolute Gasteiger partial charge is 0.150 e. The van der Waals surface area contributed by atoms with Crippen LogP contribution in [0.2, 0.25) is 0 Å². The van der Waals surface area contributed by atoms with Crippen LogP contribution in [0.1, 0.15) is 12.8 Å². The summed E-state index contributed by atoms with van der Waals surface area (Å²) in [6.07, 6.45) is 2.17. The van der Waals surface area contributed by atoms with Crippen LogP contribution in [0.4, 0.5) is 0 Å². The summed E-state index contributed by atoms with van der Waals surface area (Å²) in [5.74, 6) is 0.293. The minimum Gasteiger partial charge on any atom is -0.392 e. The fraction of sp³-hybridized carbons (Fsp3) is 0.750. The van der Waals surface area contributed by atoms with Gasteiger partial charge in [0.15, 0.2) is 9.84 Å². The van der Waals surface area contributed by atoms with Crippen LogP contribution in [-0.4, -0.2) is 31.1 Å². The van der Waals surface area contributed by atoms with Crippen molar-refractivity contribution in [1.82, 2.24) is 0 Å². The van der Waals surface area contributed by atoms with Crippen molar-refractivity contribution in [1.29, 1.82) is 0 Å². The van der Waals surface area contributed by atoms with E-state index in [1.165, 1.54) is 0 Å². The average Bonchev–Trinajstić information content (AvgIpc) is 2.31. The molecule has 0 aromatic carbocycles. The molecule has 0 saturated carbocycles. The van der Waals surface area contributed by atoms with E-state index < -0.39 is 15.9 Å². The van der Waals surface area contributed by atoms with Crippen LogP contribution in [0.3, 0.4) is 0 Å². The quantitative estimate of drug-likeness (QED) is 0.654. The van der Waals surface area contributed by atoms with Gasteiger partial charge >= 0.3 is 0 Å². The highest BCUT2D eigenvalue weighted by molar-refractivity contribution is 7.91. The minimum absolute atomic E-state index is 0.0759. The molecule has 2 unspecified atom stereocenters. The van der Waals surface area contributed by atoms with Crippen molar-refractivity contribution in [2.45, 2.75) is 18.9 Å². The second-order valence-corrected chi connectivity index (χ2v) is 5.48. The van der Waals surface area contributed by atoms with Gasteiger partial charge in [-0.15, -0.1) is 6.58 Å². The van der Waals surface area contributed by atoms with Crippen molar-refractivity contribution >= 4 is 9.84 Å². The summed E-state index contributed by atoms with van der Waals surface area (Å²) in [6, 6.07) is 0. The van der Waals surface area contributed by atoms with Crippen molar-refractivity contribution in [3.63, 3.8) is 0 Å². The lowest BCUT2D eigenvalue weighted by Gasteiger charge is -2.13. The first-order valence-corrected chi connectivity index (χ1v) is 5.86. The molecule has 70 valence electrons. The lowest BCUT2D eigenvalue weighted by Crippen LogP contribution is -2.20. The van der Waals surface area contributed by atoms with Gasteiger partial charge in [-0.3, -0.25) is 0 Å². The minimum atomic E-state index is -2.85. The van der Waals surface area contributed by atoms with E-state index in [2.05, 4.69) is 6.58 Å². The summed E-state index contributed by atoms with van der Waals surface area (Å²) in [7, 11) is -2.85. The number of hydrogen-bond donors (Lipinski definition) is 1. The third-order valence-electron chi connectivity index (χ3n) is 2.22. The lowest BCUT2D eigenvalue weighted by molar-refractivity contribution is 0.123. The first kappa shape index (κ1) is 9.74. The molecule has 0 spiro atoms. The van der Waals surface area contributed by atoms with Crippen LogP contribution in [-0.2, 0) is 9.84 Å². The fourth-order valence-corrected chi connectivity index (χ4v) is 3.36. The van der Waals surface area contributed by atoms with Gasteiger partial charge in [0, 0.05) is 5.92 Å². The Hall–Kier alpha value is -0.350. The summed E-state index contributed by atoms with van der Waals surface area (Å²) in [5, 5.41) is 9.45. The van der Waals surface area contributed by atoms with Gasteiger partial charge in [0.25, 0.3) is 0 Å². The molecule has 0 bridgehead atoms. The molecular formula is C8H14O3S. The Balaban J connectivity index is 2.52. The molecule has 2 atom stereocenters. The molecular weight excluding hydrogens is 176 g/mol. The predicted molar refractivity (Wildman–Crippen MR) is 47.6 cm³/mol. The highest BCUT2D eigenvalue weighted by atomic mass is 32.2. The number of aliphatic hydroxyl groups excluding tert-OH is 1. The van der Waals surface area contributed by atoms with E-state index in [1.54, 1.807) is 6.08 Å². The Labute approximate surface area is 73.0 Å². The summed E-state index contributed by atoms with van der Waals surface area (Å²) < 4.78 is 22.0. The molecule has 0 aromatic rings. The van der Waals surface area contributed by atoms with Crippen molar-refractivity contribution in [2.75, 3.05) is 11.5 Å². The molecule has 1 saturated heterocycles. The van der Waals surface area contributed by atoms with Crippen molar-refractivity contribution in [3.8, 4) is 0 Å². The Morgan fingerprint density at radius 2 is 2.33 bits per heavy atom. The Morgan fingerprint density at radius 1 is 1.67 bits per heavy atom. The third kappa shape index (κ3) is 2.32. The molecule has 1 N–H and O–H groups in total. The van der Waals surface area contributed by atoms with E-state index in [9.17, 15) is 13.5 Å². The molecule has 4 heteroatoms. The fourth-order valence-electron chi connectivity index (χ4n) is 1.49. The summed E-state index contributed by atoms with van der Waals surface area (Å²) in [5.41, 5.74) is 0. The van der Waals surface area contributed by atoms with Gasteiger partial charge in [-0.05, 0) is 12.8 Å². The van der Waals surface area contributed by atoms with Crippen molar-refractivity contribution in [3.05, 3.63) is 12.7 Å². The number of rotatable bonds is 3. The SMILES string of the molecule is C=CCC(O)C1CCS(=O)(=O)C1. The Kier molecular flexibility index (Phi) is 2.90. The van der Waals surface area contributed by atoms with Gasteiger partial charge < -0.3 is 5.11 Å². The zero-order chi connectivity index (χ0) is 9.19. The van der Waals surface area contributed by atoms with E-state index in [0.29, 0.717) is 12.8 Å². The van der Waals surface area contributed by atoms with Gasteiger partial charge in [0.1, 0.15) is 0 Å². The monoisotopic (exact) mass is 190 g/mol. The molecule has 0 radical (unpaired) electrons. The van der Waals surface area contributed by atoms with E-state index in [0.717, 1.165) is 0 Å². The van der Waals surface area contributed by atoms with Crippen molar-refractivity contribution in [2.24, 2.45) is 5.92 Å². The van der Waals surface area contributed by atoms with Crippen LogP contribution < -0.4 is 0 Å². The summed E-state index contributed by atoms with van der Waals surface area (Å²) in [4.78, 5) is 0. The van der Waals surface area contributed by atoms with Gasteiger partial charge in [-0.2, -0.15) is 0 Å². The molecule has 12 heavy (non-hydrogen) atoms. The second-order valence-electron chi connectivity index (χ2n) is 3.25. The maximum atomic E-state index is 11.0. The van der Waals surface area contributed by atoms with Crippen LogP contribution in [0.15, 0.2) is 12.7 Å². The first-order chi connectivity index (χ1) is 5.55. The highest BCUT2D eigenvalue weighted by Gasteiger charge is 2.31. The van der Waals surface area contributed by atoms with Crippen molar-refractivity contribution < 1.29 is 13.5 Å². The largest absolute Gasteiger partial charge is 0.392 e. The van der Waals surface area contributed by atoms with Gasteiger partial charge in [-0.1, -0.05) is 6.08 Å². The number of hydrogen-bond acceptors (Lipinski definition) is 3. The maximum absolute atomic E-state index is 11.0.